The molecule has 0 aromatic heterocycles. The number of nitrogens with one attached hydrogen (secondary N) is 1. The summed E-state index contributed by atoms with van der Waals surface area (Å²) in [6, 6.07) is 9.13. The summed E-state index contributed by atoms with van der Waals surface area (Å²) in [6.07, 6.45) is 3.81. The summed E-state index contributed by atoms with van der Waals surface area (Å²) in [5.41, 5.74) is 2.12. The Hall–Kier alpha value is -0.530. The first kappa shape index (κ1) is 15.9. The topological polar surface area (TPSA) is 12.0 Å². The van der Waals surface area contributed by atoms with Gasteiger partial charge < -0.3 is 5.32 Å². The lowest BCUT2D eigenvalue weighted by molar-refractivity contribution is 0.0811. The van der Waals surface area contributed by atoms with Crippen LogP contribution in [0.15, 0.2) is 24.3 Å². The van der Waals surface area contributed by atoms with Gasteiger partial charge >= 0.3 is 0 Å². The summed E-state index contributed by atoms with van der Waals surface area (Å²) in [4.78, 5) is 0. The number of halogens is 1. The van der Waals surface area contributed by atoms with E-state index in [0.29, 0.717) is 22.9 Å². The van der Waals surface area contributed by atoms with Crippen molar-refractivity contribution in [3.05, 3.63) is 34.9 Å². The zero-order valence-corrected chi connectivity index (χ0v) is 14.2. The predicted octanol–water partition coefficient (Wildman–Crippen LogP) is 5.60. The molecule has 1 aliphatic carbocycles. The summed E-state index contributed by atoms with van der Waals surface area (Å²) >= 11 is 6.09. The third-order valence-electron chi connectivity index (χ3n) is 4.39. The van der Waals surface area contributed by atoms with Crippen molar-refractivity contribution in [2.24, 2.45) is 10.8 Å². The van der Waals surface area contributed by atoms with Gasteiger partial charge in [0.2, 0.25) is 0 Å². The van der Waals surface area contributed by atoms with Crippen LogP contribution < -0.4 is 5.32 Å². The van der Waals surface area contributed by atoms with Crippen LogP contribution in [0.4, 0.5) is 0 Å². The second-order valence-corrected chi connectivity index (χ2v) is 8.49. The van der Waals surface area contributed by atoms with E-state index in [9.17, 15) is 0 Å². The Bertz CT molecular complexity index is 448. The van der Waals surface area contributed by atoms with Crippen LogP contribution in [0.2, 0.25) is 5.02 Å². The number of hydrogen-bond donors (Lipinski definition) is 1. The lowest BCUT2D eigenvalue weighted by Crippen LogP contribution is -2.44. The van der Waals surface area contributed by atoms with E-state index < -0.39 is 0 Å². The third-order valence-corrected chi connectivity index (χ3v) is 4.62. The first-order valence-corrected chi connectivity index (χ1v) is 8.06. The van der Waals surface area contributed by atoms with Gasteiger partial charge in [-0.25, -0.2) is 0 Å². The van der Waals surface area contributed by atoms with Crippen LogP contribution in [0.1, 0.15) is 65.5 Å². The van der Waals surface area contributed by atoms with Crippen LogP contribution in [0.25, 0.3) is 0 Å². The Morgan fingerprint density at radius 2 is 1.75 bits per heavy atom. The van der Waals surface area contributed by atoms with E-state index >= 15 is 0 Å². The summed E-state index contributed by atoms with van der Waals surface area (Å²) in [6.45, 7) is 11.8. The van der Waals surface area contributed by atoms with Gasteiger partial charge in [0.05, 0.1) is 0 Å². The Labute approximate surface area is 129 Å². The average Bonchev–Trinajstić information content (AvgIpc) is 2.24. The van der Waals surface area contributed by atoms with Crippen LogP contribution in [-0.2, 0) is 0 Å². The minimum atomic E-state index is 0.350. The maximum absolute atomic E-state index is 6.09. The van der Waals surface area contributed by atoms with Crippen LogP contribution in [0, 0.1) is 10.8 Å². The van der Waals surface area contributed by atoms with Crippen molar-refractivity contribution in [1.29, 1.82) is 0 Å². The van der Waals surface area contributed by atoms with Crippen LogP contribution in [0.5, 0.6) is 0 Å². The maximum atomic E-state index is 6.09. The van der Waals surface area contributed by atoms with E-state index in [1.165, 1.54) is 24.8 Å². The highest BCUT2D eigenvalue weighted by atomic mass is 35.5. The lowest BCUT2D eigenvalue weighted by Gasteiger charge is -2.46. The second-order valence-electron chi connectivity index (χ2n) is 8.05. The molecule has 0 amide bonds. The van der Waals surface area contributed by atoms with E-state index in [-0.39, 0.29) is 0 Å². The molecule has 112 valence electrons. The number of rotatable bonds is 3. The fourth-order valence-corrected chi connectivity index (χ4v) is 4.39. The molecule has 0 aliphatic heterocycles. The molecule has 2 heteroatoms. The average molecular weight is 294 g/mol. The number of benzene rings is 1. The predicted molar refractivity (Wildman–Crippen MR) is 88.2 cm³/mol. The third kappa shape index (κ3) is 4.23. The van der Waals surface area contributed by atoms with Crippen molar-refractivity contribution in [1.82, 2.24) is 5.32 Å². The minimum Gasteiger partial charge on any atom is -0.307 e. The van der Waals surface area contributed by atoms with Crippen LogP contribution in [-0.4, -0.2) is 6.04 Å². The summed E-state index contributed by atoms with van der Waals surface area (Å²) in [5, 5.41) is 4.63. The highest BCUT2D eigenvalue weighted by Crippen LogP contribution is 2.46. The first-order chi connectivity index (χ1) is 9.17. The van der Waals surface area contributed by atoms with Crippen molar-refractivity contribution in [3.8, 4) is 0 Å². The molecule has 1 aromatic rings. The second kappa shape index (κ2) is 5.69. The van der Waals surface area contributed by atoms with Gasteiger partial charge in [0.25, 0.3) is 0 Å². The molecule has 0 bridgehead atoms. The fraction of sp³-hybridized carbons (Fsp3) is 0.667. The van der Waals surface area contributed by atoms with Gasteiger partial charge in [0.1, 0.15) is 0 Å². The monoisotopic (exact) mass is 293 g/mol. The largest absolute Gasteiger partial charge is 0.307 e. The van der Waals surface area contributed by atoms with Crippen molar-refractivity contribution in [2.75, 3.05) is 0 Å². The van der Waals surface area contributed by atoms with Crippen molar-refractivity contribution < 1.29 is 0 Å². The maximum Gasteiger partial charge on any atom is 0.0409 e. The molecule has 1 nitrogen and oxygen atoms in total. The van der Waals surface area contributed by atoms with Gasteiger partial charge in [-0.3, -0.25) is 0 Å². The zero-order valence-electron chi connectivity index (χ0n) is 13.5. The lowest BCUT2D eigenvalue weighted by atomic mass is 9.63. The Kier molecular flexibility index (Phi) is 4.51. The molecule has 2 rings (SSSR count). The fourth-order valence-electron chi connectivity index (χ4n) is 4.19. The van der Waals surface area contributed by atoms with Gasteiger partial charge in [-0.1, -0.05) is 51.4 Å². The zero-order chi connectivity index (χ0) is 15.0. The molecule has 0 radical (unpaired) electrons. The molecule has 1 atom stereocenters. The summed E-state index contributed by atoms with van der Waals surface area (Å²) in [5.74, 6) is 0. The van der Waals surface area contributed by atoms with Gasteiger partial charge in [-0.2, -0.15) is 0 Å². The van der Waals surface area contributed by atoms with E-state index in [1.807, 2.05) is 12.1 Å². The van der Waals surface area contributed by atoms with Crippen molar-refractivity contribution in [3.63, 3.8) is 0 Å². The molecular weight excluding hydrogens is 266 g/mol. The number of hydrogen-bond acceptors (Lipinski definition) is 1. The minimum absolute atomic E-state index is 0.350. The SMILES string of the molecule is C[C@H](NC1CC(C)(C)CC(C)(C)C1)c1cccc(Cl)c1. The van der Waals surface area contributed by atoms with E-state index in [1.54, 1.807) is 0 Å². The normalized spacial score (nSPS) is 23.5. The molecule has 1 aliphatic rings. The Morgan fingerprint density at radius 3 is 2.30 bits per heavy atom. The molecule has 1 fully saturated rings. The summed E-state index contributed by atoms with van der Waals surface area (Å²) in [7, 11) is 0. The van der Waals surface area contributed by atoms with Gasteiger partial charge in [-0.05, 0) is 54.7 Å². The van der Waals surface area contributed by atoms with Crippen LogP contribution >= 0.6 is 11.6 Å². The van der Waals surface area contributed by atoms with E-state index in [0.717, 1.165) is 5.02 Å². The van der Waals surface area contributed by atoms with E-state index in [4.69, 9.17) is 11.6 Å². The standard InChI is InChI=1S/C18H28ClN/c1-13(14-7-6-8-15(19)9-14)20-16-10-17(2,3)12-18(4,5)11-16/h6-9,13,16,20H,10-12H2,1-5H3/t13-/m0/s1. The smallest absolute Gasteiger partial charge is 0.0409 e. The summed E-state index contributed by atoms with van der Waals surface area (Å²) < 4.78 is 0. The van der Waals surface area contributed by atoms with E-state index in [2.05, 4.69) is 52.1 Å². The Balaban J connectivity index is 2.05. The van der Waals surface area contributed by atoms with Gasteiger partial charge in [0.15, 0.2) is 0 Å². The molecule has 1 aromatic carbocycles. The molecular formula is C18H28ClN. The van der Waals surface area contributed by atoms with Crippen molar-refractivity contribution >= 4 is 11.6 Å². The molecule has 0 heterocycles. The molecule has 20 heavy (non-hydrogen) atoms. The molecule has 1 N–H and O–H groups in total. The highest BCUT2D eigenvalue weighted by Gasteiger charge is 2.38. The molecule has 0 saturated heterocycles. The highest BCUT2D eigenvalue weighted by molar-refractivity contribution is 6.30. The van der Waals surface area contributed by atoms with Gasteiger partial charge in [0, 0.05) is 17.1 Å². The molecule has 1 saturated carbocycles. The quantitative estimate of drug-likeness (QED) is 0.765. The first-order valence-electron chi connectivity index (χ1n) is 7.68. The van der Waals surface area contributed by atoms with Crippen LogP contribution in [0.3, 0.4) is 0 Å². The Morgan fingerprint density at radius 1 is 1.15 bits per heavy atom. The van der Waals surface area contributed by atoms with Crippen molar-refractivity contribution in [2.45, 2.75) is 66.0 Å². The van der Waals surface area contributed by atoms with Gasteiger partial charge in [-0.15, -0.1) is 0 Å². The molecule has 0 spiro atoms. The molecule has 0 unspecified atom stereocenters.